The molecular formula is C21H32N2O4S. The van der Waals surface area contributed by atoms with Crippen LogP contribution in [-0.4, -0.2) is 33.1 Å². The van der Waals surface area contributed by atoms with Crippen molar-refractivity contribution in [1.29, 1.82) is 0 Å². The Hall–Kier alpha value is -1.44. The Morgan fingerprint density at radius 1 is 1.21 bits per heavy atom. The first-order chi connectivity index (χ1) is 13.2. The van der Waals surface area contributed by atoms with E-state index in [1.54, 1.807) is 12.1 Å². The summed E-state index contributed by atoms with van der Waals surface area (Å²) in [6, 6.07) is 6.39. The van der Waals surface area contributed by atoms with Crippen LogP contribution in [0.25, 0.3) is 0 Å². The number of ether oxygens (including phenoxy) is 1. The van der Waals surface area contributed by atoms with Gasteiger partial charge in [-0.25, -0.2) is 13.1 Å². The van der Waals surface area contributed by atoms with Gasteiger partial charge in [-0.05, 0) is 61.6 Å². The molecule has 3 atom stereocenters. The van der Waals surface area contributed by atoms with Gasteiger partial charge in [0.05, 0.1) is 11.0 Å². The summed E-state index contributed by atoms with van der Waals surface area (Å²) >= 11 is 0. The van der Waals surface area contributed by atoms with Crippen LogP contribution in [0.2, 0.25) is 0 Å². The van der Waals surface area contributed by atoms with Crippen LogP contribution < -0.4 is 10.0 Å². The Balaban J connectivity index is 1.56. The Morgan fingerprint density at radius 3 is 2.64 bits per heavy atom. The smallest absolute Gasteiger partial charge is 0.250 e. The quantitative estimate of drug-likeness (QED) is 0.689. The predicted octanol–water partition coefficient (Wildman–Crippen LogP) is 3.54. The lowest BCUT2D eigenvalue weighted by Crippen LogP contribution is -2.36. The highest BCUT2D eigenvalue weighted by molar-refractivity contribution is 7.89. The van der Waals surface area contributed by atoms with Gasteiger partial charge in [0, 0.05) is 11.7 Å². The van der Waals surface area contributed by atoms with E-state index >= 15 is 0 Å². The SMILES string of the molecule is CC(C)[C@@H]1CC[C@@H](C)C[C@@H]1OCC(=O)Nc1cccc(S(=O)(=O)NC2CC2)c1. The van der Waals surface area contributed by atoms with Crippen molar-refractivity contribution in [3.63, 3.8) is 0 Å². The maximum absolute atomic E-state index is 12.4. The highest BCUT2D eigenvalue weighted by Gasteiger charge is 2.32. The zero-order valence-electron chi connectivity index (χ0n) is 17.0. The summed E-state index contributed by atoms with van der Waals surface area (Å²) in [5, 5.41) is 2.76. The molecule has 6 nitrogen and oxygen atoms in total. The lowest BCUT2D eigenvalue weighted by molar-refractivity contribution is -0.126. The van der Waals surface area contributed by atoms with E-state index in [0.29, 0.717) is 23.4 Å². The van der Waals surface area contributed by atoms with Crippen molar-refractivity contribution < 1.29 is 17.9 Å². The van der Waals surface area contributed by atoms with Crippen LogP contribution in [0.5, 0.6) is 0 Å². The highest BCUT2D eigenvalue weighted by Crippen LogP contribution is 2.35. The number of benzene rings is 1. The van der Waals surface area contributed by atoms with Crippen molar-refractivity contribution in [2.75, 3.05) is 11.9 Å². The van der Waals surface area contributed by atoms with Gasteiger partial charge in [0.1, 0.15) is 6.61 Å². The number of sulfonamides is 1. The summed E-state index contributed by atoms with van der Waals surface area (Å²) < 4.78 is 33.3. The molecule has 0 radical (unpaired) electrons. The predicted molar refractivity (Wildman–Crippen MR) is 109 cm³/mol. The molecule has 0 bridgehead atoms. The minimum absolute atomic E-state index is 0.0160. The molecule has 2 saturated carbocycles. The lowest BCUT2D eigenvalue weighted by Gasteiger charge is -2.37. The van der Waals surface area contributed by atoms with Crippen LogP contribution in [0.4, 0.5) is 5.69 Å². The normalized spacial score (nSPS) is 25.6. The van der Waals surface area contributed by atoms with Gasteiger partial charge in [-0.15, -0.1) is 0 Å². The molecule has 1 aromatic rings. The molecule has 0 unspecified atom stereocenters. The summed E-state index contributed by atoms with van der Waals surface area (Å²) in [6.07, 6.45) is 5.19. The average Bonchev–Trinajstić information content (AvgIpc) is 3.43. The molecule has 0 spiro atoms. The number of carbonyl (C=O) groups excluding carboxylic acids is 1. The number of carbonyl (C=O) groups is 1. The second-order valence-electron chi connectivity index (χ2n) is 8.65. The summed E-state index contributed by atoms with van der Waals surface area (Å²) in [7, 11) is -3.54. The largest absolute Gasteiger partial charge is 0.368 e. The van der Waals surface area contributed by atoms with E-state index in [9.17, 15) is 13.2 Å². The number of anilines is 1. The number of rotatable bonds is 8. The topological polar surface area (TPSA) is 84.5 Å². The van der Waals surface area contributed by atoms with Crippen molar-refractivity contribution in [3.8, 4) is 0 Å². The van der Waals surface area contributed by atoms with Crippen molar-refractivity contribution in [3.05, 3.63) is 24.3 Å². The Labute approximate surface area is 168 Å². The van der Waals surface area contributed by atoms with E-state index in [-0.39, 0.29) is 29.6 Å². The van der Waals surface area contributed by atoms with Gasteiger partial charge in [-0.3, -0.25) is 4.79 Å². The first-order valence-corrected chi connectivity index (χ1v) is 11.8. The zero-order chi connectivity index (χ0) is 20.3. The molecule has 2 N–H and O–H groups in total. The monoisotopic (exact) mass is 408 g/mol. The molecule has 3 rings (SSSR count). The fourth-order valence-corrected chi connectivity index (χ4v) is 5.27. The Morgan fingerprint density at radius 2 is 1.96 bits per heavy atom. The van der Waals surface area contributed by atoms with Crippen LogP contribution in [0.1, 0.15) is 52.9 Å². The van der Waals surface area contributed by atoms with Gasteiger partial charge in [-0.1, -0.05) is 33.3 Å². The van der Waals surface area contributed by atoms with E-state index < -0.39 is 10.0 Å². The molecule has 7 heteroatoms. The molecule has 28 heavy (non-hydrogen) atoms. The molecule has 1 amide bonds. The van der Waals surface area contributed by atoms with Crippen molar-refractivity contribution in [1.82, 2.24) is 4.72 Å². The number of hydrogen-bond donors (Lipinski definition) is 2. The lowest BCUT2D eigenvalue weighted by atomic mass is 9.75. The van der Waals surface area contributed by atoms with Gasteiger partial charge >= 0.3 is 0 Å². The van der Waals surface area contributed by atoms with Gasteiger partial charge in [0.25, 0.3) is 0 Å². The third kappa shape index (κ3) is 5.78. The van der Waals surface area contributed by atoms with Crippen LogP contribution in [0.3, 0.4) is 0 Å². The fraction of sp³-hybridized carbons (Fsp3) is 0.667. The van der Waals surface area contributed by atoms with Crippen LogP contribution in [0, 0.1) is 17.8 Å². The second kappa shape index (κ2) is 8.93. The number of hydrogen-bond acceptors (Lipinski definition) is 4. The molecule has 2 aliphatic rings. The number of amides is 1. The van der Waals surface area contributed by atoms with E-state index in [4.69, 9.17) is 4.74 Å². The molecule has 0 heterocycles. The molecule has 0 aliphatic heterocycles. The molecule has 156 valence electrons. The zero-order valence-corrected chi connectivity index (χ0v) is 17.8. The first kappa shape index (κ1) is 21.3. The first-order valence-electron chi connectivity index (χ1n) is 10.3. The fourth-order valence-electron chi connectivity index (χ4n) is 3.92. The van der Waals surface area contributed by atoms with Crippen molar-refractivity contribution in [2.45, 2.75) is 69.9 Å². The van der Waals surface area contributed by atoms with Gasteiger partial charge in [0.15, 0.2) is 0 Å². The highest BCUT2D eigenvalue weighted by atomic mass is 32.2. The van der Waals surface area contributed by atoms with Crippen molar-refractivity contribution >= 4 is 21.6 Å². The minimum atomic E-state index is -3.54. The third-order valence-corrected chi connectivity index (χ3v) is 7.24. The van der Waals surface area contributed by atoms with E-state index in [2.05, 4.69) is 30.8 Å². The maximum atomic E-state index is 12.4. The summed E-state index contributed by atoms with van der Waals surface area (Å²) in [5.41, 5.74) is 0.463. The minimum Gasteiger partial charge on any atom is -0.368 e. The Bertz CT molecular complexity index is 789. The van der Waals surface area contributed by atoms with Crippen molar-refractivity contribution in [2.24, 2.45) is 17.8 Å². The van der Waals surface area contributed by atoms with Gasteiger partial charge in [-0.2, -0.15) is 0 Å². The third-order valence-electron chi connectivity index (χ3n) is 5.72. The van der Waals surface area contributed by atoms with Gasteiger partial charge < -0.3 is 10.1 Å². The van der Waals surface area contributed by atoms with Crippen LogP contribution in [0.15, 0.2) is 29.2 Å². The van der Waals surface area contributed by atoms with Crippen LogP contribution in [-0.2, 0) is 19.6 Å². The summed E-state index contributed by atoms with van der Waals surface area (Å²) in [6.45, 7) is 6.63. The second-order valence-corrected chi connectivity index (χ2v) is 10.4. The van der Waals surface area contributed by atoms with E-state index in [1.807, 2.05) is 0 Å². The molecule has 2 fully saturated rings. The number of nitrogens with one attached hydrogen (secondary N) is 2. The molecule has 1 aromatic carbocycles. The van der Waals surface area contributed by atoms with Gasteiger partial charge in [0.2, 0.25) is 15.9 Å². The molecular weight excluding hydrogens is 376 g/mol. The molecule has 2 aliphatic carbocycles. The molecule has 0 aromatic heterocycles. The van der Waals surface area contributed by atoms with E-state index in [0.717, 1.165) is 25.7 Å². The summed E-state index contributed by atoms with van der Waals surface area (Å²) in [5.74, 6) is 1.36. The molecule has 0 saturated heterocycles. The van der Waals surface area contributed by atoms with Crippen LogP contribution >= 0.6 is 0 Å². The standard InChI is InChI=1S/C21H32N2O4S/c1-14(2)19-10-7-15(3)11-20(19)27-13-21(24)22-17-5-4-6-18(12-17)28(25,26)23-16-8-9-16/h4-6,12,14-16,19-20,23H,7-11,13H2,1-3H3,(H,22,24)/t15-,19+,20+/m1/s1. The van der Waals surface area contributed by atoms with E-state index in [1.165, 1.54) is 18.6 Å². The Kier molecular flexibility index (Phi) is 6.78. The average molecular weight is 409 g/mol. The maximum Gasteiger partial charge on any atom is 0.250 e. The summed E-state index contributed by atoms with van der Waals surface area (Å²) in [4.78, 5) is 12.5.